The van der Waals surface area contributed by atoms with Gasteiger partial charge in [-0.3, -0.25) is 0 Å². The van der Waals surface area contributed by atoms with E-state index in [0.717, 1.165) is 0 Å². The number of ether oxygens (including phenoxy) is 4. The molecule has 0 aromatic heterocycles. The monoisotopic (exact) mass is 217 g/mol. The van der Waals surface area contributed by atoms with E-state index < -0.39 is 5.97 Å². The molecular weight excluding hydrogens is 196 g/mol. The molecule has 0 spiro atoms. The molecule has 0 aromatic carbocycles. The van der Waals surface area contributed by atoms with Gasteiger partial charge in [0.25, 0.3) is 0 Å². The minimum Gasteiger partial charge on any atom is -0.443 e. The molecule has 15 heavy (non-hydrogen) atoms. The van der Waals surface area contributed by atoms with Gasteiger partial charge in [0.15, 0.2) is 0 Å². The second-order valence-corrected chi connectivity index (χ2v) is 2.91. The van der Waals surface area contributed by atoms with Gasteiger partial charge in [-0.25, -0.2) is 0 Å². The third-order valence-electron chi connectivity index (χ3n) is 1.50. The Balaban J connectivity index is 4.47. The third kappa shape index (κ3) is 5.77. The highest BCUT2D eigenvalue weighted by atomic mass is 16.9. The molecule has 1 unspecified atom stereocenters. The Hall–Kier alpha value is -0.580. The molecule has 4 nitrogen and oxygen atoms in total. The Morgan fingerprint density at radius 2 is 1.87 bits per heavy atom. The molecule has 1 radical (unpaired) electrons. The van der Waals surface area contributed by atoms with Crippen molar-refractivity contribution in [2.75, 3.05) is 26.4 Å². The lowest BCUT2D eigenvalue weighted by Crippen LogP contribution is -2.43. The van der Waals surface area contributed by atoms with Crippen LogP contribution in [0.5, 0.6) is 0 Å². The van der Waals surface area contributed by atoms with E-state index in [4.69, 9.17) is 18.9 Å². The molecule has 0 aliphatic rings. The van der Waals surface area contributed by atoms with Crippen LogP contribution in [-0.4, -0.2) is 32.4 Å². The van der Waals surface area contributed by atoms with Crippen molar-refractivity contribution in [1.29, 1.82) is 0 Å². The smallest absolute Gasteiger partial charge is 0.351 e. The van der Waals surface area contributed by atoms with Gasteiger partial charge in [0.2, 0.25) is 0 Å². The third-order valence-corrected chi connectivity index (χ3v) is 1.50. The number of rotatable bonds is 9. The zero-order valence-electron chi connectivity index (χ0n) is 9.88. The van der Waals surface area contributed by atoms with Crippen molar-refractivity contribution in [3.63, 3.8) is 0 Å². The van der Waals surface area contributed by atoms with E-state index in [2.05, 4.69) is 13.5 Å². The molecule has 0 N–H and O–H groups in total. The van der Waals surface area contributed by atoms with Gasteiger partial charge in [-0.2, -0.15) is 0 Å². The summed E-state index contributed by atoms with van der Waals surface area (Å²) in [4.78, 5) is 0. The zero-order valence-corrected chi connectivity index (χ0v) is 9.88. The summed E-state index contributed by atoms with van der Waals surface area (Å²) in [5.41, 5.74) is 0. The van der Waals surface area contributed by atoms with Crippen molar-refractivity contribution in [1.82, 2.24) is 0 Å². The number of hydrogen-bond donors (Lipinski definition) is 0. The van der Waals surface area contributed by atoms with Crippen LogP contribution in [0.4, 0.5) is 0 Å². The van der Waals surface area contributed by atoms with Crippen LogP contribution in [-0.2, 0) is 18.9 Å². The van der Waals surface area contributed by atoms with Crippen LogP contribution in [0.25, 0.3) is 0 Å². The largest absolute Gasteiger partial charge is 0.443 e. The summed E-state index contributed by atoms with van der Waals surface area (Å²) < 4.78 is 21.4. The van der Waals surface area contributed by atoms with Crippen LogP contribution in [0.2, 0.25) is 0 Å². The Labute approximate surface area is 92.2 Å². The van der Waals surface area contributed by atoms with Gasteiger partial charge in [0.05, 0.1) is 19.0 Å². The van der Waals surface area contributed by atoms with Crippen molar-refractivity contribution in [2.24, 2.45) is 0 Å². The Kier molecular flexibility index (Phi) is 7.38. The van der Waals surface area contributed by atoms with Gasteiger partial charge in [0.1, 0.15) is 6.61 Å². The SMILES string of the molecule is [CH2]COC(COCC)(OCC)OC(=C)C. The Morgan fingerprint density at radius 3 is 2.27 bits per heavy atom. The maximum Gasteiger partial charge on any atom is 0.351 e. The molecule has 89 valence electrons. The van der Waals surface area contributed by atoms with Crippen LogP contribution in [0.3, 0.4) is 0 Å². The van der Waals surface area contributed by atoms with Gasteiger partial charge >= 0.3 is 5.97 Å². The molecule has 0 amide bonds. The van der Waals surface area contributed by atoms with Crippen LogP contribution in [0.1, 0.15) is 20.8 Å². The summed E-state index contributed by atoms with van der Waals surface area (Å²) in [7, 11) is 0. The van der Waals surface area contributed by atoms with Crippen molar-refractivity contribution in [3.05, 3.63) is 19.3 Å². The van der Waals surface area contributed by atoms with Crippen molar-refractivity contribution in [2.45, 2.75) is 26.7 Å². The molecule has 0 heterocycles. The zero-order chi connectivity index (χ0) is 11.7. The van der Waals surface area contributed by atoms with Crippen molar-refractivity contribution in [3.8, 4) is 0 Å². The van der Waals surface area contributed by atoms with Gasteiger partial charge < -0.3 is 18.9 Å². The van der Waals surface area contributed by atoms with E-state index in [1.165, 1.54) is 0 Å². The molecule has 0 rings (SSSR count). The first kappa shape index (κ1) is 14.4. The van der Waals surface area contributed by atoms with Crippen LogP contribution >= 0.6 is 0 Å². The molecule has 0 saturated heterocycles. The molecule has 0 aromatic rings. The predicted octanol–water partition coefficient (Wildman–Crippen LogP) is 2.11. The molecule has 0 bridgehead atoms. The van der Waals surface area contributed by atoms with Gasteiger partial charge in [-0.05, 0) is 27.7 Å². The first-order valence-electron chi connectivity index (χ1n) is 5.09. The average molecular weight is 217 g/mol. The normalized spacial score (nSPS) is 11.5. The molecule has 4 heteroatoms. The molecular formula is C11H21O4. The van der Waals surface area contributed by atoms with E-state index in [1.54, 1.807) is 6.92 Å². The maximum atomic E-state index is 5.42. The van der Waals surface area contributed by atoms with E-state index in [0.29, 0.717) is 19.0 Å². The van der Waals surface area contributed by atoms with E-state index in [-0.39, 0.29) is 13.2 Å². The lowest BCUT2D eigenvalue weighted by atomic mass is 10.5. The quantitative estimate of drug-likeness (QED) is 0.438. The molecule has 0 aliphatic carbocycles. The molecule has 1 atom stereocenters. The van der Waals surface area contributed by atoms with E-state index >= 15 is 0 Å². The minimum atomic E-state index is -1.21. The summed E-state index contributed by atoms with van der Waals surface area (Å²) >= 11 is 0. The second-order valence-electron chi connectivity index (χ2n) is 2.91. The number of allylic oxidation sites excluding steroid dienone is 1. The predicted molar refractivity (Wildman–Crippen MR) is 58.1 cm³/mol. The van der Waals surface area contributed by atoms with Crippen LogP contribution < -0.4 is 0 Å². The lowest BCUT2D eigenvalue weighted by molar-refractivity contribution is -0.376. The first-order chi connectivity index (χ1) is 7.10. The highest BCUT2D eigenvalue weighted by molar-refractivity contribution is 4.77. The van der Waals surface area contributed by atoms with E-state index in [9.17, 15) is 0 Å². The second kappa shape index (κ2) is 7.68. The summed E-state index contributed by atoms with van der Waals surface area (Å²) in [6.07, 6.45) is 0. The minimum absolute atomic E-state index is 0.194. The summed E-state index contributed by atoms with van der Waals surface area (Å²) in [6, 6.07) is 0. The summed E-state index contributed by atoms with van der Waals surface area (Å²) in [5, 5.41) is 0. The first-order valence-corrected chi connectivity index (χ1v) is 5.09. The van der Waals surface area contributed by atoms with Crippen molar-refractivity contribution < 1.29 is 18.9 Å². The summed E-state index contributed by atoms with van der Waals surface area (Å²) in [5.74, 6) is -0.699. The van der Waals surface area contributed by atoms with Crippen LogP contribution in [0, 0.1) is 6.92 Å². The van der Waals surface area contributed by atoms with Gasteiger partial charge in [-0.15, -0.1) is 0 Å². The fourth-order valence-corrected chi connectivity index (χ4v) is 1.08. The average Bonchev–Trinajstić information content (AvgIpc) is 2.14. The van der Waals surface area contributed by atoms with Crippen molar-refractivity contribution >= 4 is 0 Å². The summed E-state index contributed by atoms with van der Waals surface area (Å²) in [6.45, 7) is 14.2. The highest BCUT2D eigenvalue weighted by Crippen LogP contribution is 2.19. The highest BCUT2D eigenvalue weighted by Gasteiger charge is 2.34. The topological polar surface area (TPSA) is 36.9 Å². The number of hydrogen-bond acceptors (Lipinski definition) is 4. The fraction of sp³-hybridized carbons (Fsp3) is 0.727. The Morgan fingerprint density at radius 1 is 1.20 bits per heavy atom. The Bertz CT molecular complexity index is 173. The van der Waals surface area contributed by atoms with Gasteiger partial charge in [-0.1, -0.05) is 6.58 Å². The fourth-order valence-electron chi connectivity index (χ4n) is 1.08. The van der Waals surface area contributed by atoms with E-state index in [1.807, 2.05) is 13.8 Å². The molecule has 0 aliphatic heterocycles. The van der Waals surface area contributed by atoms with Gasteiger partial charge in [0, 0.05) is 6.61 Å². The van der Waals surface area contributed by atoms with Crippen LogP contribution in [0.15, 0.2) is 12.3 Å². The molecule has 0 fully saturated rings. The maximum absolute atomic E-state index is 5.42. The lowest BCUT2D eigenvalue weighted by Gasteiger charge is -2.32. The standard InChI is InChI=1S/C11H21O4/c1-6-12-9-11(13-7-2,14-8-3)15-10(4)5/h2,4,6-9H2,1,3,5H3. The molecule has 0 saturated carbocycles.